The van der Waals surface area contributed by atoms with Gasteiger partial charge >= 0.3 is 0 Å². The van der Waals surface area contributed by atoms with Gasteiger partial charge in [-0.2, -0.15) is 0 Å². The topological polar surface area (TPSA) is 3.24 Å². The van der Waals surface area contributed by atoms with E-state index in [4.69, 9.17) is 0 Å². The third-order valence-electron chi connectivity index (χ3n) is 3.82. The smallest absolute Gasteiger partial charge is 0.0345 e. The summed E-state index contributed by atoms with van der Waals surface area (Å²) >= 11 is 5.28. The predicted molar refractivity (Wildman–Crippen MR) is 110 cm³/mol. The SMILES string of the molecule is CN(C)CC=C(c1ccc(-c2ccc(Br)cc2)cc1)c1cccs1. The van der Waals surface area contributed by atoms with E-state index in [1.165, 1.54) is 27.1 Å². The van der Waals surface area contributed by atoms with Gasteiger partial charge in [-0.05, 0) is 59.9 Å². The Morgan fingerprint density at radius 1 is 0.958 bits per heavy atom. The van der Waals surface area contributed by atoms with Gasteiger partial charge in [0.15, 0.2) is 0 Å². The molecule has 0 unspecified atom stereocenters. The van der Waals surface area contributed by atoms with E-state index in [9.17, 15) is 0 Å². The van der Waals surface area contributed by atoms with E-state index >= 15 is 0 Å². The molecular formula is C21H20BrNS. The third kappa shape index (κ3) is 4.23. The maximum atomic E-state index is 3.49. The van der Waals surface area contributed by atoms with Crippen LogP contribution in [0, 0.1) is 0 Å². The van der Waals surface area contributed by atoms with Gasteiger partial charge in [-0.3, -0.25) is 0 Å². The molecule has 0 saturated carbocycles. The Hall–Kier alpha value is -1.68. The summed E-state index contributed by atoms with van der Waals surface area (Å²) in [5.74, 6) is 0. The highest BCUT2D eigenvalue weighted by molar-refractivity contribution is 9.10. The first-order valence-electron chi connectivity index (χ1n) is 7.88. The van der Waals surface area contributed by atoms with E-state index in [0.717, 1.165) is 11.0 Å². The van der Waals surface area contributed by atoms with Crippen LogP contribution in [0.5, 0.6) is 0 Å². The maximum absolute atomic E-state index is 3.49. The van der Waals surface area contributed by atoms with Crippen molar-refractivity contribution < 1.29 is 0 Å². The Morgan fingerprint density at radius 2 is 1.58 bits per heavy atom. The quantitative estimate of drug-likeness (QED) is 0.497. The summed E-state index contributed by atoms with van der Waals surface area (Å²) < 4.78 is 1.11. The van der Waals surface area contributed by atoms with Gasteiger partial charge in [-0.25, -0.2) is 0 Å². The standard InChI is InChI=1S/C21H20BrNS/c1-23(2)14-13-20(21-4-3-15-24-21)18-7-5-16(6-8-18)17-9-11-19(22)12-10-17/h3-13,15H,14H2,1-2H3. The van der Waals surface area contributed by atoms with Gasteiger partial charge in [0.2, 0.25) is 0 Å². The number of thiophene rings is 1. The fourth-order valence-corrected chi connectivity index (χ4v) is 3.60. The normalized spacial score (nSPS) is 11.9. The Balaban J connectivity index is 1.92. The van der Waals surface area contributed by atoms with Crippen LogP contribution in [0.1, 0.15) is 10.4 Å². The average Bonchev–Trinajstić information content (AvgIpc) is 3.10. The zero-order chi connectivity index (χ0) is 16.9. The van der Waals surface area contributed by atoms with Gasteiger partial charge in [-0.1, -0.05) is 64.5 Å². The third-order valence-corrected chi connectivity index (χ3v) is 5.25. The van der Waals surface area contributed by atoms with Gasteiger partial charge in [0, 0.05) is 15.9 Å². The lowest BCUT2D eigenvalue weighted by Crippen LogP contribution is -2.11. The first-order chi connectivity index (χ1) is 11.6. The maximum Gasteiger partial charge on any atom is 0.0345 e. The zero-order valence-electron chi connectivity index (χ0n) is 13.9. The number of nitrogens with zero attached hydrogens (tertiary/aromatic N) is 1. The molecule has 0 saturated heterocycles. The van der Waals surface area contributed by atoms with Crippen molar-refractivity contribution in [3.05, 3.63) is 87.0 Å². The fraction of sp³-hybridized carbons (Fsp3) is 0.143. The van der Waals surface area contributed by atoms with Crippen LogP contribution in [0.3, 0.4) is 0 Å². The molecule has 3 heteroatoms. The minimum absolute atomic E-state index is 0.932. The lowest BCUT2D eigenvalue weighted by Gasteiger charge is -2.11. The van der Waals surface area contributed by atoms with E-state index in [-0.39, 0.29) is 0 Å². The van der Waals surface area contributed by atoms with Crippen molar-refractivity contribution in [1.29, 1.82) is 0 Å². The van der Waals surface area contributed by atoms with Crippen molar-refractivity contribution in [1.82, 2.24) is 4.90 Å². The van der Waals surface area contributed by atoms with Crippen LogP contribution in [0.25, 0.3) is 16.7 Å². The molecule has 122 valence electrons. The molecule has 3 rings (SSSR count). The number of likely N-dealkylation sites (N-methyl/N-ethyl adjacent to an activating group) is 1. The van der Waals surface area contributed by atoms with Crippen LogP contribution in [0.2, 0.25) is 0 Å². The van der Waals surface area contributed by atoms with Crippen molar-refractivity contribution in [2.75, 3.05) is 20.6 Å². The molecule has 2 aromatic carbocycles. The molecule has 0 amide bonds. The second-order valence-electron chi connectivity index (χ2n) is 5.94. The van der Waals surface area contributed by atoms with E-state index in [1.807, 2.05) is 0 Å². The first-order valence-corrected chi connectivity index (χ1v) is 9.56. The van der Waals surface area contributed by atoms with Gasteiger partial charge in [0.05, 0.1) is 0 Å². The summed E-state index contributed by atoms with van der Waals surface area (Å²) in [5, 5.41) is 2.13. The summed E-state index contributed by atoms with van der Waals surface area (Å²) in [5.41, 5.74) is 5.05. The Labute approximate surface area is 156 Å². The van der Waals surface area contributed by atoms with Crippen LogP contribution >= 0.6 is 27.3 Å². The van der Waals surface area contributed by atoms with Gasteiger partial charge in [0.25, 0.3) is 0 Å². The lowest BCUT2D eigenvalue weighted by atomic mass is 9.99. The number of hydrogen-bond acceptors (Lipinski definition) is 2. The summed E-state index contributed by atoms with van der Waals surface area (Å²) in [7, 11) is 4.19. The summed E-state index contributed by atoms with van der Waals surface area (Å²) in [6.07, 6.45) is 2.31. The predicted octanol–water partition coefficient (Wildman–Crippen LogP) is 6.17. The summed E-state index contributed by atoms with van der Waals surface area (Å²) in [6, 6.07) is 21.6. The lowest BCUT2D eigenvalue weighted by molar-refractivity contribution is 0.457. The number of hydrogen-bond donors (Lipinski definition) is 0. The Morgan fingerprint density at radius 3 is 2.12 bits per heavy atom. The molecule has 0 bridgehead atoms. The molecular weight excluding hydrogens is 378 g/mol. The highest BCUT2D eigenvalue weighted by Gasteiger charge is 2.07. The van der Waals surface area contributed by atoms with Crippen molar-refractivity contribution in [2.45, 2.75) is 0 Å². The van der Waals surface area contributed by atoms with Crippen LogP contribution in [0.4, 0.5) is 0 Å². The second kappa shape index (κ2) is 7.93. The summed E-state index contributed by atoms with van der Waals surface area (Å²) in [6.45, 7) is 0.932. The molecule has 3 aromatic rings. The van der Waals surface area contributed by atoms with Crippen LogP contribution < -0.4 is 0 Å². The fourth-order valence-electron chi connectivity index (χ4n) is 2.55. The molecule has 1 aromatic heterocycles. The zero-order valence-corrected chi connectivity index (χ0v) is 16.3. The van der Waals surface area contributed by atoms with Crippen molar-refractivity contribution in [3.63, 3.8) is 0 Å². The minimum Gasteiger partial charge on any atom is -0.306 e. The minimum atomic E-state index is 0.932. The van der Waals surface area contributed by atoms with Gasteiger partial charge in [0.1, 0.15) is 0 Å². The van der Waals surface area contributed by atoms with E-state index < -0.39 is 0 Å². The Bertz CT molecular complexity index is 800. The average molecular weight is 398 g/mol. The number of benzene rings is 2. The van der Waals surface area contributed by atoms with Crippen molar-refractivity contribution in [2.24, 2.45) is 0 Å². The molecule has 0 N–H and O–H groups in total. The number of rotatable bonds is 5. The molecule has 1 heterocycles. The highest BCUT2D eigenvalue weighted by atomic mass is 79.9. The van der Waals surface area contributed by atoms with E-state index in [1.54, 1.807) is 11.3 Å². The monoisotopic (exact) mass is 397 g/mol. The first kappa shape index (κ1) is 17.2. The molecule has 24 heavy (non-hydrogen) atoms. The molecule has 0 aliphatic rings. The van der Waals surface area contributed by atoms with Gasteiger partial charge in [-0.15, -0.1) is 11.3 Å². The molecule has 1 nitrogen and oxygen atoms in total. The largest absolute Gasteiger partial charge is 0.306 e. The highest BCUT2D eigenvalue weighted by Crippen LogP contribution is 2.29. The van der Waals surface area contributed by atoms with Crippen LogP contribution in [0.15, 0.2) is 76.6 Å². The van der Waals surface area contributed by atoms with E-state index in [0.29, 0.717) is 0 Å². The van der Waals surface area contributed by atoms with Crippen molar-refractivity contribution >= 4 is 32.8 Å². The molecule has 0 atom stereocenters. The molecule has 0 aliphatic heterocycles. The summed E-state index contributed by atoms with van der Waals surface area (Å²) in [4.78, 5) is 3.50. The van der Waals surface area contributed by atoms with E-state index in [2.05, 4.69) is 107 Å². The Kier molecular flexibility index (Phi) is 5.67. The second-order valence-corrected chi connectivity index (χ2v) is 7.80. The van der Waals surface area contributed by atoms with Crippen LogP contribution in [-0.2, 0) is 0 Å². The molecule has 0 fully saturated rings. The molecule has 0 aliphatic carbocycles. The van der Waals surface area contributed by atoms with Gasteiger partial charge < -0.3 is 4.90 Å². The number of halogens is 1. The molecule has 0 spiro atoms. The van der Waals surface area contributed by atoms with Crippen molar-refractivity contribution in [3.8, 4) is 11.1 Å². The molecule has 0 radical (unpaired) electrons. The van der Waals surface area contributed by atoms with Crippen LogP contribution in [-0.4, -0.2) is 25.5 Å².